The van der Waals surface area contributed by atoms with E-state index in [0.717, 1.165) is 42.5 Å². The summed E-state index contributed by atoms with van der Waals surface area (Å²) >= 11 is 3.37. The van der Waals surface area contributed by atoms with Gasteiger partial charge in [-0.2, -0.15) is 0 Å². The number of piperidine rings is 1. The summed E-state index contributed by atoms with van der Waals surface area (Å²) in [6.45, 7) is 2.40. The van der Waals surface area contributed by atoms with Crippen LogP contribution in [0, 0.1) is 5.82 Å². The van der Waals surface area contributed by atoms with Crippen LogP contribution in [-0.2, 0) is 16.6 Å². The van der Waals surface area contributed by atoms with Gasteiger partial charge < -0.3 is 0 Å². The van der Waals surface area contributed by atoms with E-state index in [-0.39, 0.29) is 11.9 Å². The van der Waals surface area contributed by atoms with Gasteiger partial charge >= 0.3 is 0 Å². The highest BCUT2D eigenvalue weighted by Gasteiger charge is 2.21. The van der Waals surface area contributed by atoms with E-state index in [0.29, 0.717) is 0 Å². The number of nitrogens with one attached hydrogen (secondary N) is 1. The van der Waals surface area contributed by atoms with E-state index >= 15 is 0 Å². The van der Waals surface area contributed by atoms with E-state index in [4.69, 9.17) is 0 Å². The van der Waals surface area contributed by atoms with Crippen LogP contribution in [0.3, 0.4) is 0 Å². The standard InChI is InChI=1S/C13H18BrFN2O2S/c1-20(18,19)16-12-4-6-17(7-5-12)9-10-2-3-11(15)8-13(10)14/h2-3,8,12,16H,4-7,9H2,1H3. The fourth-order valence-corrected chi connectivity index (χ4v) is 3.72. The summed E-state index contributed by atoms with van der Waals surface area (Å²) in [5.41, 5.74) is 1.04. The van der Waals surface area contributed by atoms with Gasteiger partial charge in [-0.15, -0.1) is 0 Å². The van der Waals surface area contributed by atoms with Crippen molar-refractivity contribution in [3.8, 4) is 0 Å². The zero-order valence-corrected chi connectivity index (χ0v) is 13.7. The van der Waals surface area contributed by atoms with Crippen LogP contribution in [0.5, 0.6) is 0 Å². The molecule has 2 rings (SSSR count). The predicted octanol–water partition coefficient (Wildman–Crippen LogP) is 2.10. The Morgan fingerprint density at radius 2 is 2.05 bits per heavy atom. The fraction of sp³-hybridized carbons (Fsp3) is 0.538. The Hall–Kier alpha value is -0.500. The van der Waals surface area contributed by atoms with E-state index in [1.165, 1.54) is 18.4 Å². The van der Waals surface area contributed by atoms with Gasteiger partial charge in [0.05, 0.1) is 6.26 Å². The quantitative estimate of drug-likeness (QED) is 0.889. The molecule has 1 aromatic rings. The maximum atomic E-state index is 13.0. The number of rotatable bonds is 4. The van der Waals surface area contributed by atoms with Crippen molar-refractivity contribution in [1.29, 1.82) is 0 Å². The summed E-state index contributed by atoms with van der Waals surface area (Å²) in [6, 6.07) is 4.73. The molecular formula is C13H18BrFN2O2S. The molecular weight excluding hydrogens is 347 g/mol. The molecule has 0 radical (unpaired) electrons. The first-order valence-corrected chi connectivity index (χ1v) is 9.15. The normalized spacial score (nSPS) is 18.4. The molecule has 0 unspecified atom stereocenters. The van der Waals surface area contributed by atoms with Crippen molar-refractivity contribution in [3.63, 3.8) is 0 Å². The lowest BCUT2D eigenvalue weighted by atomic mass is 10.1. The second-order valence-electron chi connectivity index (χ2n) is 5.18. The van der Waals surface area contributed by atoms with E-state index in [1.807, 2.05) is 0 Å². The highest BCUT2D eigenvalue weighted by molar-refractivity contribution is 9.10. The van der Waals surface area contributed by atoms with Crippen molar-refractivity contribution in [3.05, 3.63) is 34.1 Å². The average molecular weight is 365 g/mol. The highest BCUT2D eigenvalue weighted by atomic mass is 79.9. The van der Waals surface area contributed by atoms with Crippen molar-refractivity contribution in [2.45, 2.75) is 25.4 Å². The minimum Gasteiger partial charge on any atom is -0.299 e. The summed E-state index contributed by atoms with van der Waals surface area (Å²) in [5, 5.41) is 0. The van der Waals surface area contributed by atoms with Crippen LogP contribution >= 0.6 is 15.9 Å². The molecule has 20 heavy (non-hydrogen) atoms. The van der Waals surface area contributed by atoms with Crippen LogP contribution in [0.25, 0.3) is 0 Å². The molecule has 0 aromatic heterocycles. The number of nitrogens with zero attached hydrogens (tertiary/aromatic N) is 1. The molecule has 1 N–H and O–H groups in total. The first-order chi connectivity index (χ1) is 9.33. The third-order valence-corrected chi connectivity index (χ3v) is 4.88. The van der Waals surface area contributed by atoms with Gasteiger partial charge in [0.1, 0.15) is 5.82 Å². The van der Waals surface area contributed by atoms with Crippen LogP contribution in [-0.4, -0.2) is 38.7 Å². The largest absolute Gasteiger partial charge is 0.299 e. The maximum Gasteiger partial charge on any atom is 0.208 e. The van der Waals surface area contributed by atoms with Crippen molar-refractivity contribution in [2.24, 2.45) is 0 Å². The zero-order valence-electron chi connectivity index (χ0n) is 11.3. The Morgan fingerprint density at radius 1 is 1.40 bits per heavy atom. The average Bonchev–Trinajstić information content (AvgIpc) is 2.33. The van der Waals surface area contributed by atoms with E-state index in [2.05, 4.69) is 25.6 Å². The van der Waals surface area contributed by atoms with E-state index < -0.39 is 10.0 Å². The molecule has 1 heterocycles. The van der Waals surface area contributed by atoms with Crippen molar-refractivity contribution < 1.29 is 12.8 Å². The molecule has 112 valence electrons. The van der Waals surface area contributed by atoms with Gasteiger partial charge in [-0.3, -0.25) is 4.90 Å². The predicted molar refractivity (Wildman–Crippen MR) is 80.4 cm³/mol. The molecule has 0 amide bonds. The number of benzene rings is 1. The van der Waals surface area contributed by atoms with Gasteiger partial charge in [0.15, 0.2) is 0 Å². The van der Waals surface area contributed by atoms with Gasteiger partial charge in [-0.1, -0.05) is 22.0 Å². The molecule has 1 fully saturated rings. The molecule has 7 heteroatoms. The zero-order chi connectivity index (χ0) is 14.8. The Kier molecular flexibility index (Phi) is 5.17. The minimum atomic E-state index is -3.13. The second kappa shape index (κ2) is 6.51. The van der Waals surface area contributed by atoms with Crippen molar-refractivity contribution in [2.75, 3.05) is 19.3 Å². The number of hydrogen-bond donors (Lipinski definition) is 1. The summed E-state index contributed by atoms with van der Waals surface area (Å²) in [5.74, 6) is -0.253. The van der Waals surface area contributed by atoms with Gasteiger partial charge in [0.25, 0.3) is 0 Å². The van der Waals surface area contributed by atoms with Gasteiger partial charge in [0.2, 0.25) is 10.0 Å². The summed E-state index contributed by atoms with van der Waals surface area (Å²) in [6.07, 6.45) is 2.78. The van der Waals surface area contributed by atoms with Gasteiger partial charge in [-0.25, -0.2) is 17.5 Å². The Bertz CT molecular complexity index is 572. The van der Waals surface area contributed by atoms with Crippen LogP contribution in [0.4, 0.5) is 4.39 Å². The fourth-order valence-electron chi connectivity index (χ4n) is 2.40. The Morgan fingerprint density at radius 3 is 2.60 bits per heavy atom. The molecule has 0 aliphatic carbocycles. The maximum absolute atomic E-state index is 13.0. The lowest BCUT2D eigenvalue weighted by Crippen LogP contribution is -2.43. The minimum absolute atomic E-state index is 0.0258. The van der Waals surface area contributed by atoms with Crippen LogP contribution in [0.2, 0.25) is 0 Å². The lowest BCUT2D eigenvalue weighted by Gasteiger charge is -2.32. The second-order valence-corrected chi connectivity index (χ2v) is 7.81. The third kappa shape index (κ3) is 4.80. The topological polar surface area (TPSA) is 49.4 Å². The molecule has 0 spiro atoms. The summed E-state index contributed by atoms with van der Waals surface area (Å²) in [7, 11) is -3.13. The van der Waals surface area contributed by atoms with E-state index in [1.54, 1.807) is 6.07 Å². The van der Waals surface area contributed by atoms with Crippen molar-refractivity contribution in [1.82, 2.24) is 9.62 Å². The number of likely N-dealkylation sites (tertiary alicyclic amines) is 1. The van der Waals surface area contributed by atoms with Gasteiger partial charge in [-0.05, 0) is 30.5 Å². The Labute approximate surface area is 127 Å². The third-order valence-electron chi connectivity index (χ3n) is 3.38. The number of halogens is 2. The molecule has 1 aromatic carbocycles. The molecule has 1 aliphatic heterocycles. The molecule has 1 aliphatic rings. The monoisotopic (exact) mass is 364 g/mol. The van der Waals surface area contributed by atoms with Crippen molar-refractivity contribution >= 4 is 26.0 Å². The number of hydrogen-bond acceptors (Lipinski definition) is 3. The summed E-state index contributed by atoms with van der Waals surface area (Å²) < 4.78 is 38.8. The van der Waals surface area contributed by atoms with Gasteiger partial charge in [0, 0.05) is 30.1 Å². The molecule has 0 saturated carbocycles. The Balaban J connectivity index is 1.88. The first kappa shape index (κ1) is 15.9. The highest BCUT2D eigenvalue weighted by Crippen LogP contribution is 2.21. The van der Waals surface area contributed by atoms with E-state index in [9.17, 15) is 12.8 Å². The lowest BCUT2D eigenvalue weighted by molar-refractivity contribution is 0.199. The van der Waals surface area contributed by atoms with Crippen LogP contribution in [0.1, 0.15) is 18.4 Å². The van der Waals surface area contributed by atoms with Crippen LogP contribution in [0.15, 0.2) is 22.7 Å². The number of sulfonamides is 1. The molecule has 0 bridgehead atoms. The molecule has 0 atom stereocenters. The smallest absolute Gasteiger partial charge is 0.208 e. The SMILES string of the molecule is CS(=O)(=O)NC1CCN(Cc2ccc(F)cc2Br)CC1. The summed E-state index contributed by atoms with van der Waals surface area (Å²) in [4.78, 5) is 2.25. The molecule has 1 saturated heterocycles. The molecule has 4 nitrogen and oxygen atoms in total. The first-order valence-electron chi connectivity index (χ1n) is 6.47. The van der Waals surface area contributed by atoms with Crippen LogP contribution < -0.4 is 4.72 Å².